The summed E-state index contributed by atoms with van der Waals surface area (Å²) in [6.07, 6.45) is 1.12. The van der Waals surface area contributed by atoms with Crippen molar-refractivity contribution in [3.8, 4) is 10.6 Å². The number of thiazole rings is 1. The number of thiophene rings is 1. The molecule has 25 heavy (non-hydrogen) atoms. The van der Waals surface area contributed by atoms with E-state index >= 15 is 0 Å². The lowest BCUT2D eigenvalue weighted by Gasteiger charge is -2.05. The molecule has 1 N–H and O–H groups in total. The highest BCUT2D eigenvalue weighted by Gasteiger charge is 2.12. The first-order chi connectivity index (χ1) is 11.8. The zero-order chi connectivity index (χ0) is 18.0. The lowest BCUT2D eigenvalue weighted by atomic mass is 10.2. The van der Waals surface area contributed by atoms with Crippen molar-refractivity contribution in [3.63, 3.8) is 0 Å². The maximum Gasteiger partial charge on any atom is 0.251 e. The third-order valence-electron chi connectivity index (χ3n) is 3.48. The molecule has 130 valence electrons. The minimum Gasteiger partial charge on any atom is -0.347 e. The number of nitrogens with zero attached hydrogens (tertiary/aromatic N) is 1. The Morgan fingerprint density at radius 3 is 2.72 bits per heavy atom. The zero-order valence-electron chi connectivity index (χ0n) is 13.6. The Morgan fingerprint density at radius 2 is 2.04 bits per heavy atom. The summed E-state index contributed by atoms with van der Waals surface area (Å²) in [5, 5.41) is 5.85. The van der Waals surface area contributed by atoms with Crippen LogP contribution in [0.5, 0.6) is 0 Å². The first kappa shape index (κ1) is 17.8. The van der Waals surface area contributed by atoms with E-state index in [0.717, 1.165) is 26.7 Å². The molecule has 0 spiro atoms. The van der Waals surface area contributed by atoms with Crippen LogP contribution in [0.15, 0.2) is 46.7 Å². The average molecular weight is 393 g/mol. The first-order valence-electron chi connectivity index (χ1n) is 7.42. The van der Waals surface area contributed by atoms with Crippen molar-refractivity contribution in [2.75, 3.05) is 6.26 Å². The molecule has 0 fully saturated rings. The van der Waals surface area contributed by atoms with E-state index < -0.39 is 9.84 Å². The molecule has 0 saturated heterocycles. The number of carbonyl (C=O) groups is 1. The van der Waals surface area contributed by atoms with Gasteiger partial charge in [0.2, 0.25) is 0 Å². The lowest BCUT2D eigenvalue weighted by Crippen LogP contribution is -2.22. The van der Waals surface area contributed by atoms with Crippen LogP contribution in [0.25, 0.3) is 10.6 Å². The summed E-state index contributed by atoms with van der Waals surface area (Å²) in [4.78, 5) is 18.9. The predicted molar refractivity (Wildman–Crippen MR) is 101 cm³/mol. The van der Waals surface area contributed by atoms with Gasteiger partial charge in [-0.1, -0.05) is 6.07 Å². The number of carbonyl (C=O) groups excluding carboxylic acids is 1. The van der Waals surface area contributed by atoms with Gasteiger partial charge in [0.25, 0.3) is 5.91 Å². The number of benzene rings is 1. The van der Waals surface area contributed by atoms with Gasteiger partial charge in [-0.2, -0.15) is 0 Å². The highest BCUT2D eigenvalue weighted by Crippen LogP contribution is 2.29. The van der Waals surface area contributed by atoms with Gasteiger partial charge in [-0.05, 0) is 37.3 Å². The van der Waals surface area contributed by atoms with Crippen molar-refractivity contribution >= 4 is 38.4 Å². The maximum absolute atomic E-state index is 12.3. The molecule has 0 atom stereocenters. The monoisotopic (exact) mass is 392 g/mol. The van der Waals surface area contributed by atoms with E-state index in [-0.39, 0.29) is 10.8 Å². The molecule has 1 aromatic carbocycles. The largest absolute Gasteiger partial charge is 0.347 e. The molecule has 8 heteroatoms. The fourth-order valence-corrected chi connectivity index (χ4v) is 4.49. The second-order valence-corrected chi connectivity index (χ2v) is 9.75. The van der Waals surface area contributed by atoms with Crippen LogP contribution in [0, 0.1) is 6.92 Å². The predicted octanol–water partition coefficient (Wildman–Crippen LogP) is 3.51. The average Bonchev–Trinajstić information content (AvgIpc) is 3.20. The molecule has 3 aromatic rings. The molecule has 0 saturated carbocycles. The third kappa shape index (κ3) is 4.33. The third-order valence-corrected chi connectivity index (χ3v) is 6.47. The van der Waals surface area contributed by atoms with Crippen molar-refractivity contribution < 1.29 is 13.2 Å². The maximum atomic E-state index is 12.3. The van der Waals surface area contributed by atoms with Gasteiger partial charge >= 0.3 is 0 Å². The van der Waals surface area contributed by atoms with Crippen LogP contribution in [0.1, 0.15) is 20.2 Å². The molecule has 5 nitrogen and oxygen atoms in total. The summed E-state index contributed by atoms with van der Waals surface area (Å²) in [5.74, 6) is -0.301. The van der Waals surface area contributed by atoms with Crippen molar-refractivity contribution in [3.05, 3.63) is 57.2 Å². The van der Waals surface area contributed by atoms with Gasteiger partial charge in [0.15, 0.2) is 9.84 Å². The summed E-state index contributed by atoms with van der Waals surface area (Å²) >= 11 is 3.18. The molecule has 1 amide bonds. The summed E-state index contributed by atoms with van der Waals surface area (Å²) < 4.78 is 23.2. The van der Waals surface area contributed by atoms with E-state index in [1.54, 1.807) is 34.8 Å². The Hall–Kier alpha value is -2.03. The number of aryl methyl sites for hydroxylation is 1. The van der Waals surface area contributed by atoms with E-state index in [2.05, 4.69) is 10.3 Å². The molecule has 0 aliphatic carbocycles. The lowest BCUT2D eigenvalue weighted by molar-refractivity contribution is 0.0951. The van der Waals surface area contributed by atoms with Crippen molar-refractivity contribution in [2.45, 2.75) is 18.4 Å². The van der Waals surface area contributed by atoms with E-state index in [0.29, 0.717) is 12.1 Å². The van der Waals surface area contributed by atoms with Gasteiger partial charge in [-0.15, -0.1) is 22.7 Å². The van der Waals surface area contributed by atoms with Crippen LogP contribution in [0.3, 0.4) is 0 Å². The van der Waals surface area contributed by atoms with Crippen LogP contribution in [0.4, 0.5) is 0 Å². The van der Waals surface area contributed by atoms with E-state index in [1.807, 2.05) is 24.4 Å². The Kier molecular flexibility index (Phi) is 5.03. The van der Waals surface area contributed by atoms with Gasteiger partial charge < -0.3 is 5.32 Å². The first-order valence-corrected chi connectivity index (χ1v) is 11.0. The summed E-state index contributed by atoms with van der Waals surface area (Å²) in [6.45, 7) is 2.35. The van der Waals surface area contributed by atoms with Crippen molar-refractivity contribution in [1.29, 1.82) is 0 Å². The number of hydrogen-bond acceptors (Lipinski definition) is 6. The number of rotatable bonds is 5. The van der Waals surface area contributed by atoms with Gasteiger partial charge in [0.1, 0.15) is 0 Å². The Morgan fingerprint density at radius 1 is 1.24 bits per heavy atom. The quantitative estimate of drug-likeness (QED) is 0.721. The molecule has 3 rings (SSSR count). The number of hydrogen-bond donors (Lipinski definition) is 1. The van der Waals surface area contributed by atoms with Crippen LogP contribution < -0.4 is 5.32 Å². The highest BCUT2D eigenvalue weighted by molar-refractivity contribution is 7.90. The molecule has 0 radical (unpaired) electrons. The molecule has 0 aliphatic heterocycles. The smallest absolute Gasteiger partial charge is 0.251 e. The zero-order valence-corrected chi connectivity index (χ0v) is 16.1. The number of nitrogens with one attached hydrogen (secondary N) is 1. The van der Waals surface area contributed by atoms with Gasteiger partial charge in [-0.25, -0.2) is 13.4 Å². The number of sulfone groups is 1. The molecule has 0 bridgehead atoms. The standard InChI is InChI=1S/C17H16N2O3S3/c1-11-19-15(10-23-11)16-7-6-13(24-16)9-18-17(20)12-4-3-5-14(8-12)25(2,21)22/h3-8,10H,9H2,1-2H3,(H,18,20). The van der Waals surface area contributed by atoms with Crippen LogP contribution in [0.2, 0.25) is 0 Å². The van der Waals surface area contributed by atoms with Gasteiger partial charge in [0.05, 0.1) is 27.0 Å². The fourth-order valence-electron chi connectivity index (χ4n) is 2.22. The van der Waals surface area contributed by atoms with E-state index in [9.17, 15) is 13.2 Å². The topological polar surface area (TPSA) is 76.1 Å². The second kappa shape index (κ2) is 7.07. The van der Waals surface area contributed by atoms with Gasteiger partial charge in [-0.3, -0.25) is 4.79 Å². The number of aromatic nitrogens is 1. The summed E-state index contributed by atoms with van der Waals surface area (Å²) in [6, 6.07) is 9.99. The van der Waals surface area contributed by atoms with Crippen LogP contribution in [-0.4, -0.2) is 25.6 Å². The van der Waals surface area contributed by atoms with Gasteiger partial charge in [0, 0.05) is 22.1 Å². The Balaban J connectivity index is 1.68. The molecule has 2 heterocycles. The van der Waals surface area contributed by atoms with E-state index in [4.69, 9.17) is 0 Å². The minimum atomic E-state index is -3.34. The van der Waals surface area contributed by atoms with E-state index in [1.165, 1.54) is 12.1 Å². The molecular weight excluding hydrogens is 376 g/mol. The number of amides is 1. The van der Waals surface area contributed by atoms with Crippen molar-refractivity contribution in [1.82, 2.24) is 10.3 Å². The summed E-state index contributed by atoms with van der Waals surface area (Å²) in [7, 11) is -3.34. The second-order valence-electron chi connectivity index (χ2n) is 5.50. The fraction of sp³-hybridized carbons (Fsp3) is 0.176. The Bertz CT molecular complexity index is 1020. The molecule has 0 aliphatic rings. The van der Waals surface area contributed by atoms with Crippen LogP contribution >= 0.6 is 22.7 Å². The molecular formula is C17H16N2O3S3. The molecule has 0 unspecified atom stereocenters. The molecule has 2 aromatic heterocycles. The van der Waals surface area contributed by atoms with Crippen LogP contribution in [-0.2, 0) is 16.4 Å². The Labute approximate surface area is 154 Å². The normalized spacial score (nSPS) is 11.4. The minimum absolute atomic E-state index is 0.137. The summed E-state index contributed by atoms with van der Waals surface area (Å²) in [5.41, 5.74) is 1.28. The SMILES string of the molecule is Cc1nc(-c2ccc(CNC(=O)c3cccc(S(C)(=O)=O)c3)s2)cs1. The van der Waals surface area contributed by atoms with Crippen molar-refractivity contribution in [2.24, 2.45) is 0 Å². The highest BCUT2D eigenvalue weighted by atomic mass is 32.2.